The minimum atomic E-state index is 0.348. The van der Waals surface area contributed by atoms with E-state index in [0.717, 1.165) is 43.3 Å². The van der Waals surface area contributed by atoms with Crippen LogP contribution in [-0.4, -0.2) is 46.7 Å². The number of benzene rings is 1. The molecule has 132 valence electrons. The van der Waals surface area contributed by atoms with Gasteiger partial charge in [0.25, 0.3) is 0 Å². The molecule has 2 fully saturated rings. The van der Waals surface area contributed by atoms with Gasteiger partial charge in [0.1, 0.15) is 5.75 Å². The van der Waals surface area contributed by atoms with E-state index < -0.39 is 0 Å². The molecule has 2 aliphatic heterocycles. The molecule has 0 unspecified atom stereocenters. The van der Waals surface area contributed by atoms with Crippen molar-refractivity contribution in [2.24, 2.45) is 0 Å². The van der Waals surface area contributed by atoms with Crippen molar-refractivity contribution in [3.8, 4) is 5.75 Å². The Hall–Kier alpha value is -1.56. The molecule has 1 atom stereocenters. The topological polar surface area (TPSA) is 34.6 Å². The molecule has 2 aromatic rings. The van der Waals surface area contributed by atoms with Crippen LogP contribution in [-0.2, 0) is 17.9 Å². The number of thioether (sulfide) groups is 1. The number of hydrogen-bond acceptors (Lipinski definition) is 5. The smallest absolute Gasteiger partial charge is 0.123 e. The predicted octanol–water partition coefficient (Wildman–Crippen LogP) is 3.37. The summed E-state index contributed by atoms with van der Waals surface area (Å²) >= 11 is 2.08. The molecule has 0 aliphatic carbocycles. The summed E-state index contributed by atoms with van der Waals surface area (Å²) in [5.41, 5.74) is 2.28. The lowest BCUT2D eigenvalue weighted by Gasteiger charge is -2.47. The van der Waals surface area contributed by atoms with Gasteiger partial charge in [-0.15, -0.1) is 11.8 Å². The molecule has 2 saturated heterocycles. The maximum atomic E-state index is 6.09. The summed E-state index contributed by atoms with van der Waals surface area (Å²) < 4.78 is 11.9. The monoisotopic (exact) mass is 356 g/mol. The van der Waals surface area contributed by atoms with Crippen LogP contribution >= 0.6 is 11.8 Å². The second-order valence-electron chi connectivity index (χ2n) is 6.91. The van der Waals surface area contributed by atoms with Gasteiger partial charge in [0.2, 0.25) is 0 Å². The van der Waals surface area contributed by atoms with Crippen molar-refractivity contribution in [2.75, 3.05) is 26.0 Å². The van der Waals surface area contributed by atoms with Crippen LogP contribution in [0, 0.1) is 0 Å². The number of pyridine rings is 1. The standard InChI is InChI=1S/C20H24N2O2S/c1-23-19-8-3-2-6-16(19)11-22-14-20(15-22)10-18(13-25-20)24-12-17-7-4-5-9-21-17/h2-9,18H,10-15H2,1H3/t18-/m1/s1. The Balaban J connectivity index is 1.26. The number of aromatic nitrogens is 1. The van der Waals surface area contributed by atoms with E-state index in [9.17, 15) is 0 Å². The Bertz CT molecular complexity index is 704. The third-order valence-electron chi connectivity index (χ3n) is 4.98. The van der Waals surface area contributed by atoms with E-state index >= 15 is 0 Å². The second kappa shape index (κ2) is 7.36. The molecule has 0 saturated carbocycles. The summed E-state index contributed by atoms with van der Waals surface area (Å²) in [4.78, 5) is 6.84. The molecule has 1 spiro atoms. The van der Waals surface area contributed by atoms with Crippen molar-refractivity contribution < 1.29 is 9.47 Å². The summed E-state index contributed by atoms with van der Waals surface area (Å²) in [6.07, 6.45) is 3.32. The van der Waals surface area contributed by atoms with E-state index in [4.69, 9.17) is 9.47 Å². The van der Waals surface area contributed by atoms with Crippen LogP contribution < -0.4 is 4.74 Å². The Morgan fingerprint density at radius 3 is 2.84 bits per heavy atom. The third kappa shape index (κ3) is 3.84. The molecule has 0 N–H and O–H groups in total. The first-order valence-corrected chi connectivity index (χ1v) is 9.75. The quantitative estimate of drug-likeness (QED) is 0.793. The van der Waals surface area contributed by atoms with Crippen molar-refractivity contribution in [3.63, 3.8) is 0 Å². The molecule has 1 aromatic heterocycles. The average molecular weight is 356 g/mol. The van der Waals surface area contributed by atoms with Gasteiger partial charge in [-0.05, 0) is 24.6 Å². The molecule has 1 aromatic carbocycles. The third-order valence-corrected chi connectivity index (χ3v) is 6.55. The molecule has 3 heterocycles. The number of rotatable bonds is 6. The largest absolute Gasteiger partial charge is 0.496 e. The normalized spacial score (nSPS) is 22.0. The maximum absolute atomic E-state index is 6.09. The molecule has 2 aliphatic rings. The zero-order valence-corrected chi connectivity index (χ0v) is 15.4. The maximum Gasteiger partial charge on any atom is 0.123 e. The number of nitrogens with zero attached hydrogens (tertiary/aromatic N) is 2. The van der Waals surface area contributed by atoms with Gasteiger partial charge in [0, 0.05) is 41.9 Å². The summed E-state index contributed by atoms with van der Waals surface area (Å²) in [5.74, 6) is 2.08. The fourth-order valence-electron chi connectivity index (χ4n) is 3.77. The minimum absolute atomic E-state index is 0.348. The molecule has 0 radical (unpaired) electrons. The molecule has 0 bridgehead atoms. The van der Waals surface area contributed by atoms with Crippen LogP contribution in [0.4, 0.5) is 0 Å². The SMILES string of the molecule is COc1ccccc1CN1CC2(C[C@@H](OCc3ccccn3)CS2)C1. The fourth-order valence-corrected chi connectivity index (χ4v) is 5.38. The summed E-state index contributed by atoms with van der Waals surface area (Å²) in [7, 11) is 1.74. The van der Waals surface area contributed by atoms with E-state index in [-0.39, 0.29) is 0 Å². The van der Waals surface area contributed by atoms with Crippen LogP contribution in [0.3, 0.4) is 0 Å². The minimum Gasteiger partial charge on any atom is -0.496 e. The van der Waals surface area contributed by atoms with Gasteiger partial charge in [-0.1, -0.05) is 24.3 Å². The van der Waals surface area contributed by atoms with Gasteiger partial charge in [0.05, 0.1) is 25.5 Å². The van der Waals surface area contributed by atoms with Crippen molar-refractivity contribution in [1.82, 2.24) is 9.88 Å². The highest BCUT2D eigenvalue weighted by molar-refractivity contribution is 8.01. The average Bonchev–Trinajstić information content (AvgIpc) is 3.05. The zero-order valence-electron chi connectivity index (χ0n) is 14.6. The van der Waals surface area contributed by atoms with Crippen LogP contribution in [0.25, 0.3) is 0 Å². The molecule has 4 rings (SSSR count). The summed E-state index contributed by atoms with van der Waals surface area (Å²) in [6.45, 7) is 3.86. The van der Waals surface area contributed by atoms with E-state index in [1.165, 1.54) is 5.56 Å². The van der Waals surface area contributed by atoms with Gasteiger partial charge in [-0.2, -0.15) is 0 Å². The lowest BCUT2D eigenvalue weighted by atomic mass is 9.92. The van der Waals surface area contributed by atoms with E-state index in [2.05, 4.69) is 33.8 Å². The summed E-state index contributed by atoms with van der Waals surface area (Å²) in [5, 5.41) is 0. The number of likely N-dealkylation sites (tertiary alicyclic amines) is 1. The van der Waals surface area contributed by atoms with Gasteiger partial charge in [-0.25, -0.2) is 0 Å². The first kappa shape index (κ1) is 16.9. The Kier molecular flexibility index (Phi) is 4.97. The first-order chi connectivity index (χ1) is 12.3. The molecule has 4 nitrogen and oxygen atoms in total. The lowest BCUT2D eigenvalue weighted by molar-refractivity contribution is 0.0249. The van der Waals surface area contributed by atoms with Gasteiger partial charge in [0.15, 0.2) is 0 Å². The number of methoxy groups -OCH3 is 1. The number of para-hydroxylation sites is 1. The highest BCUT2D eigenvalue weighted by atomic mass is 32.2. The molecule has 25 heavy (non-hydrogen) atoms. The molecular weight excluding hydrogens is 332 g/mol. The highest BCUT2D eigenvalue weighted by Gasteiger charge is 2.49. The highest BCUT2D eigenvalue weighted by Crippen LogP contribution is 2.46. The Labute approximate surface area is 153 Å². The van der Waals surface area contributed by atoms with Crippen molar-refractivity contribution in [2.45, 2.75) is 30.4 Å². The van der Waals surface area contributed by atoms with E-state index in [1.807, 2.05) is 36.5 Å². The first-order valence-electron chi connectivity index (χ1n) is 8.76. The fraction of sp³-hybridized carbons (Fsp3) is 0.450. The van der Waals surface area contributed by atoms with Crippen LogP contribution in [0.2, 0.25) is 0 Å². The van der Waals surface area contributed by atoms with E-state index in [0.29, 0.717) is 17.5 Å². The molecular formula is C20H24N2O2S. The van der Waals surface area contributed by atoms with Crippen molar-refractivity contribution >= 4 is 11.8 Å². The van der Waals surface area contributed by atoms with Crippen molar-refractivity contribution in [3.05, 3.63) is 59.9 Å². The van der Waals surface area contributed by atoms with Gasteiger partial charge < -0.3 is 9.47 Å². The molecule has 5 heteroatoms. The number of ether oxygens (including phenoxy) is 2. The van der Waals surface area contributed by atoms with Crippen LogP contribution in [0.15, 0.2) is 48.7 Å². The van der Waals surface area contributed by atoms with E-state index in [1.54, 1.807) is 7.11 Å². The Morgan fingerprint density at radius 1 is 1.20 bits per heavy atom. The summed E-state index contributed by atoms with van der Waals surface area (Å²) in [6, 6.07) is 14.3. The predicted molar refractivity (Wildman–Crippen MR) is 101 cm³/mol. The van der Waals surface area contributed by atoms with Gasteiger partial charge >= 0.3 is 0 Å². The van der Waals surface area contributed by atoms with Crippen LogP contribution in [0.1, 0.15) is 17.7 Å². The second-order valence-corrected chi connectivity index (χ2v) is 8.40. The van der Waals surface area contributed by atoms with Crippen LogP contribution in [0.5, 0.6) is 5.75 Å². The van der Waals surface area contributed by atoms with Crippen molar-refractivity contribution in [1.29, 1.82) is 0 Å². The molecule has 0 amide bonds. The Morgan fingerprint density at radius 2 is 2.04 bits per heavy atom. The zero-order chi connectivity index (χ0) is 17.1. The lowest BCUT2D eigenvalue weighted by Crippen LogP contribution is -2.58. The van der Waals surface area contributed by atoms with Gasteiger partial charge in [-0.3, -0.25) is 9.88 Å². The number of hydrogen-bond donors (Lipinski definition) is 0.